The van der Waals surface area contributed by atoms with Crippen molar-refractivity contribution in [3.8, 4) is 5.75 Å². The molecule has 0 aromatic heterocycles. The molecule has 1 rings (SSSR count). The van der Waals surface area contributed by atoms with Crippen LogP contribution in [0.4, 0.5) is 0 Å². The molecule has 0 saturated carbocycles. The molecule has 1 heteroatoms. The van der Waals surface area contributed by atoms with E-state index in [1.807, 2.05) is 24.3 Å². The molecule has 0 aliphatic rings. The van der Waals surface area contributed by atoms with E-state index in [0.29, 0.717) is 5.92 Å². The summed E-state index contributed by atoms with van der Waals surface area (Å²) >= 11 is 0. The van der Waals surface area contributed by atoms with E-state index in [1.54, 1.807) is 7.11 Å². The Hall–Kier alpha value is -1.50. The molecule has 74 valence electrons. The molecule has 0 N–H and O–H groups in total. The minimum atomic E-state index is 0.318. The maximum atomic E-state index is 5.27. The topological polar surface area (TPSA) is 9.23 Å². The van der Waals surface area contributed by atoms with E-state index in [0.717, 1.165) is 11.3 Å². The average Bonchev–Trinajstić information content (AvgIpc) is 2.26. The highest BCUT2D eigenvalue weighted by Gasteiger charge is 2.09. The Morgan fingerprint density at radius 1 is 1.36 bits per heavy atom. The smallest absolute Gasteiger partial charge is 0.126 e. The summed E-state index contributed by atoms with van der Waals surface area (Å²) in [6.45, 7) is 9.70. The summed E-state index contributed by atoms with van der Waals surface area (Å²) < 4.78 is 5.27. The monoisotopic (exact) mass is 188 g/mol. The van der Waals surface area contributed by atoms with Crippen molar-refractivity contribution in [1.29, 1.82) is 0 Å². The van der Waals surface area contributed by atoms with Gasteiger partial charge in [-0.2, -0.15) is 0 Å². The molecular formula is C13H16O. The van der Waals surface area contributed by atoms with Crippen LogP contribution in [0.2, 0.25) is 0 Å². The second-order valence-electron chi connectivity index (χ2n) is 3.19. The van der Waals surface area contributed by atoms with Gasteiger partial charge in [0.2, 0.25) is 0 Å². The maximum Gasteiger partial charge on any atom is 0.126 e. The third-order valence-electron chi connectivity index (χ3n) is 2.37. The molecule has 0 heterocycles. The number of hydrogen-bond donors (Lipinski definition) is 0. The number of rotatable bonds is 4. The fourth-order valence-corrected chi connectivity index (χ4v) is 1.48. The molecule has 1 atom stereocenters. The molecule has 1 aromatic rings. The number of ether oxygens (including phenoxy) is 1. The van der Waals surface area contributed by atoms with Gasteiger partial charge in [-0.05, 0) is 17.5 Å². The SMILES string of the molecule is C=Cc1c(OC)cccc1C(C)C=C. The van der Waals surface area contributed by atoms with Crippen molar-refractivity contribution in [1.82, 2.24) is 0 Å². The molecule has 0 bridgehead atoms. The summed E-state index contributed by atoms with van der Waals surface area (Å²) in [5.41, 5.74) is 2.26. The third kappa shape index (κ3) is 1.87. The third-order valence-corrected chi connectivity index (χ3v) is 2.37. The molecule has 1 nitrogen and oxygen atoms in total. The Bertz CT molecular complexity index is 339. The van der Waals surface area contributed by atoms with Crippen molar-refractivity contribution in [2.24, 2.45) is 0 Å². The van der Waals surface area contributed by atoms with Gasteiger partial charge < -0.3 is 4.74 Å². The quantitative estimate of drug-likeness (QED) is 0.656. The number of benzene rings is 1. The van der Waals surface area contributed by atoms with Gasteiger partial charge in [-0.3, -0.25) is 0 Å². The summed E-state index contributed by atoms with van der Waals surface area (Å²) in [5.74, 6) is 1.18. The minimum Gasteiger partial charge on any atom is -0.496 e. The van der Waals surface area contributed by atoms with E-state index in [4.69, 9.17) is 4.74 Å². The first-order valence-electron chi connectivity index (χ1n) is 4.66. The Morgan fingerprint density at radius 2 is 2.07 bits per heavy atom. The van der Waals surface area contributed by atoms with Gasteiger partial charge in [0.05, 0.1) is 7.11 Å². The van der Waals surface area contributed by atoms with Crippen molar-refractivity contribution in [3.63, 3.8) is 0 Å². The van der Waals surface area contributed by atoms with Gasteiger partial charge in [0.1, 0.15) is 5.75 Å². The van der Waals surface area contributed by atoms with Crippen molar-refractivity contribution >= 4 is 6.08 Å². The van der Waals surface area contributed by atoms with E-state index in [1.165, 1.54) is 5.56 Å². The summed E-state index contributed by atoms with van der Waals surface area (Å²) in [4.78, 5) is 0. The van der Waals surface area contributed by atoms with Crippen LogP contribution in [0.5, 0.6) is 5.75 Å². The van der Waals surface area contributed by atoms with Gasteiger partial charge in [0.15, 0.2) is 0 Å². The van der Waals surface area contributed by atoms with Gasteiger partial charge in [0.25, 0.3) is 0 Å². The Labute approximate surface area is 85.7 Å². The zero-order chi connectivity index (χ0) is 10.6. The molecule has 1 aromatic carbocycles. The standard InChI is InChI=1S/C13H16O/c1-5-10(3)12-8-7-9-13(14-4)11(12)6-2/h5-10H,1-2H2,3-4H3. The Balaban J connectivity index is 3.28. The molecule has 0 aliphatic heterocycles. The molecule has 0 radical (unpaired) electrons. The highest BCUT2D eigenvalue weighted by molar-refractivity contribution is 5.61. The fraction of sp³-hybridized carbons (Fsp3) is 0.231. The molecule has 0 spiro atoms. The van der Waals surface area contributed by atoms with Crippen LogP contribution in [0.15, 0.2) is 37.4 Å². The van der Waals surface area contributed by atoms with Crippen LogP contribution in [-0.2, 0) is 0 Å². The lowest BCUT2D eigenvalue weighted by molar-refractivity contribution is 0.413. The van der Waals surface area contributed by atoms with E-state index in [2.05, 4.69) is 26.1 Å². The zero-order valence-electron chi connectivity index (χ0n) is 8.79. The number of hydrogen-bond acceptors (Lipinski definition) is 1. The van der Waals surface area contributed by atoms with Crippen molar-refractivity contribution in [2.75, 3.05) is 7.11 Å². The van der Waals surface area contributed by atoms with E-state index >= 15 is 0 Å². The second-order valence-corrected chi connectivity index (χ2v) is 3.19. The van der Waals surface area contributed by atoms with Gasteiger partial charge in [-0.15, -0.1) is 6.58 Å². The lowest BCUT2D eigenvalue weighted by atomic mass is 9.95. The fourth-order valence-electron chi connectivity index (χ4n) is 1.48. The van der Waals surface area contributed by atoms with Crippen LogP contribution in [-0.4, -0.2) is 7.11 Å². The van der Waals surface area contributed by atoms with Crippen LogP contribution < -0.4 is 4.74 Å². The highest BCUT2D eigenvalue weighted by atomic mass is 16.5. The first kappa shape index (κ1) is 10.6. The predicted octanol–water partition coefficient (Wildman–Crippen LogP) is 3.63. The van der Waals surface area contributed by atoms with Gasteiger partial charge in [-0.1, -0.05) is 37.8 Å². The maximum absolute atomic E-state index is 5.27. The summed E-state index contributed by atoms with van der Waals surface area (Å²) in [7, 11) is 1.67. The van der Waals surface area contributed by atoms with Crippen molar-refractivity contribution in [3.05, 3.63) is 48.6 Å². The van der Waals surface area contributed by atoms with Crippen molar-refractivity contribution < 1.29 is 4.74 Å². The van der Waals surface area contributed by atoms with Crippen molar-refractivity contribution in [2.45, 2.75) is 12.8 Å². The van der Waals surface area contributed by atoms with Crippen LogP contribution in [0.1, 0.15) is 24.0 Å². The number of methoxy groups -OCH3 is 1. The van der Waals surface area contributed by atoms with Crippen LogP contribution in [0.25, 0.3) is 6.08 Å². The molecule has 0 fully saturated rings. The molecule has 1 unspecified atom stereocenters. The first-order valence-corrected chi connectivity index (χ1v) is 4.66. The van der Waals surface area contributed by atoms with E-state index < -0.39 is 0 Å². The normalized spacial score (nSPS) is 11.9. The summed E-state index contributed by atoms with van der Waals surface area (Å²) in [5, 5.41) is 0. The first-order chi connectivity index (χ1) is 6.74. The molecule has 0 aliphatic carbocycles. The molecular weight excluding hydrogens is 172 g/mol. The van der Waals surface area contributed by atoms with Crippen LogP contribution in [0.3, 0.4) is 0 Å². The number of allylic oxidation sites excluding steroid dienone is 1. The minimum absolute atomic E-state index is 0.318. The molecule has 14 heavy (non-hydrogen) atoms. The van der Waals surface area contributed by atoms with Crippen LogP contribution >= 0.6 is 0 Å². The largest absolute Gasteiger partial charge is 0.496 e. The lowest BCUT2D eigenvalue weighted by Gasteiger charge is -2.13. The second kappa shape index (κ2) is 4.66. The van der Waals surface area contributed by atoms with Gasteiger partial charge >= 0.3 is 0 Å². The van der Waals surface area contributed by atoms with E-state index in [9.17, 15) is 0 Å². The molecule has 0 amide bonds. The summed E-state index contributed by atoms with van der Waals surface area (Å²) in [6, 6.07) is 6.00. The summed E-state index contributed by atoms with van der Waals surface area (Å²) in [6.07, 6.45) is 3.75. The van der Waals surface area contributed by atoms with E-state index in [-0.39, 0.29) is 0 Å². The predicted molar refractivity (Wildman–Crippen MR) is 61.7 cm³/mol. The lowest BCUT2D eigenvalue weighted by Crippen LogP contribution is -1.96. The zero-order valence-corrected chi connectivity index (χ0v) is 8.79. The van der Waals surface area contributed by atoms with Gasteiger partial charge in [-0.25, -0.2) is 0 Å². The van der Waals surface area contributed by atoms with Gasteiger partial charge in [0, 0.05) is 5.56 Å². The Kier molecular flexibility index (Phi) is 3.52. The molecule has 0 saturated heterocycles. The van der Waals surface area contributed by atoms with Crippen LogP contribution in [0, 0.1) is 0 Å². The average molecular weight is 188 g/mol. The highest BCUT2D eigenvalue weighted by Crippen LogP contribution is 2.29. The Morgan fingerprint density at radius 3 is 2.57 bits per heavy atom.